The molecule has 0 spiro atoms. The van der Waals surface area contributed by atoms with Crippen LogP contribution < -0.4 is 16.0 Å². The van der Waals surface area contributed by atoms with Gasteiger partial charge in [0.1, 0.15) is 0 Å². The first kappa shape index (κ1) is 16.3. The molecular weight excluding hydrogens is 278 g/mol. The topological polar surface area (TPSA) is 70.2 Å². The van der Waals surface area contributed by atoms with E-state index in [1.54, 1.807) is 12.1 Å². The molecule has 22 heavy (non-hydrogen) atoms. The van der Waals surface area contributed by atoms with Gasteiger partial charge in [0, 0.05) is 23.3 Å². The van der Waals surface area contributed by atoms with Crippen molar-refractivity contribution < 1.29 is 9.59 Å². The predicted molar refractivity (Wildman–Crippen MR) is 88.2 cm³/mol. The first-order valence-corrected chi connectivity index (χ1v) is 7.98. The van der Waals surface area contributed by atoms with Crippen LogP contribution in [0.5, 0.6) is 0 Å². The summed E-state index contributed by atoms with van der Waals surface area (Å²) in [6, 6.07) is 5.60. The molecule has 1 aliphatic carbocycles. The summed E-state index contributed by atoms with van der Waals surface area (Å²) in [6.07, 6.45) is 4.08. The van der Waals surface area contributed by atoms with Gasteiger partial charge in [-0.1, -0.05) is 19.4 Å². The Morgan fingerprint density at radius 2 is 2.05 bits per heavy atom. The van der Waals surface area contributed by atoms with Crippen LogP contribution in [0.15, 0.2) is 18.2 Å². The lowest BCUT2D eigenvalue weighted by Crippen LogP contribution is -2.36. The second-order valence-electron chi connectivity index (χ2n) is 6.07. The highest BCUT2D eigenvalue weighted by molar-refractivity contribution is 5.97. The summed E-state index contributed by atoms with van der Waals surface area (Å²) in [5, 5.41) is 8.68. The molecule has 1 aliphatic rings. The van der Waals surface area contributed by atoms with Gasteiger partial charge in [-0.25, -0.2) is 4.79 Å². The van der Waals surface area contributed by atoms with Gasteiger partial charge in [-0.3, -0.25) is 4.79 Å². The van der Waals surface area contributed by atoms with Crippen molar-refractivity contribution in [3.63, 3.8) is 0 Å². The van der Waals surface area contributed by atoms with Crippen LogP contribution in [0.1, 0.15) is 55.5 Å². The number of aryl methyl sites for hydroxylation is 1. The molecule has 1 aromatic rings. The van der Waals surface area contributed by atoms with E-state index in [2.05, 4.69) is 22.9 Å². The van der Waals surface area contributed by atoms with E-state index in [-0.39, 0.29) is 18.0 Å². The third kappa shape index (κ3) is 4.76. The average Bonchev–Trinajstić information content (AvgIpc) is 3.25. The zero-order valence-corrected chi connectivity index (χ0v) is 13.5. The quantitative estimate of drug-likeness (QED) is 0.755. The molecule has 3 amide bonds. The van der Waals surface area contributed by atoms with E-state index in [1.165, 1.54) is 0 Å². The van der Waals surface area contributed by atoms with E-state index in [0.717, 1.165) is 31.2 Å². The maximum atomic E-state index is 12.1. The monoisotopic (exact) mass is 303 g/mol. The lowest BCUT2D eigenvalue weighted by atomic mass is 10.1. The predicted octanol–water partition coefficient (Wildman–Crippen LogP) is 3.20. The van der Waals surface area contributed by atoms with E-state index in [1.807, 2.05) is 19.9 Å². The maximum absolute atomic E-state index is 12.1. The van der Waals surface area contributed by atoms with Crippen molar-refractivity contribution in [2.45, 2.75) is 58.5 Å². The third-order valence-corrected chi connectivity index (χ3v) is 3.76. The first-order chi connectivity index (χ1) is 10.5. The lowest BCUT2D eigenvalue weighted by Gasteiger charge is -2.15. The Bertz CT molecular complexity index is 553. The Labute approximate surface area is 131 Å². The molecule has 5 heteroatoms. The number of hydrogen-bond donors (Lipinski definition) is 3. The van der Waals surface area contributed by atoms with Crippen LogP contribution >= 0.6 is 0 Å². The second-order valence-corrected chi connectivity index (χ2v) is 6.07. The normalized spacial score (nSPS) is 15.0. The standard InChI is InChI=1S/C17H25N3O2/c1-4-5-12(3)18-17(22)20-15-10-13(7-6-11(15)2)16(21)19-14-8-9-14/h6-7,10,12,14H,4-5,8-9H2,1-3H3,(H,19,21)(H2,18,20,22)/t12-/m1/s1. The summed E-state index contributed by atoms with van der Waals surface area (Å²) in [6.45, 7) is 5.98. The number of hydrogen-bond acceptors (Lipinski definition) is 2. The number of benzene rings is 1. The molecular formula is C17H25N3O2. The van der Waals surface area contributed by atoms with Gasteiger partial charge >= 0.3 is 6.03 Å². The molecule has 1 fully saturated rings. The SMILES string of the molecule is CCC[C@@H](C)NC(=O)Nc1cc(C(=O)NC2CC2)ccc1C. The summed E-state index contributed by atoms with van der Waals surface area (Å²) in [5.41, 5.74) is 2.18. The molecule has 3 N–H and O–H groups in total. The number of anilines is 1. The van der Waals surface area contributed by atoms with Gasteiger partial charge in [-0.2, -0.15) is 0 Å². The zero-order valence-electron chi connectivity index (χ0n) is 13.5. The molecule has 1 atom stereocenters. The highest BCUT2D eigenvalue weighted by Crippen LogP contribution is 2.21. The number of carbonyl (C=O) groups is 2. The van der Waals surface area contributed by atoms with Crippen molar-refractivity contribution in [2.24, 2.45) is 0 Å². The van der Waals surface area contributed by atoms with Crippen LogP contribution in [-0.4, -0.2) is 24.0 Å². The molecule has 1 aromatic carbocycles. The number of urea groups is 1. The fourth-order valence-electron chi connectivity index (χ4n) is 2.28. The van der Waals surface area contributed by atoms with Crippen molar-refractivity contribution in [1.82, 2.24) is 10.6 Å². The van der Waals surface area contributed by atoms with E-state index >= 15 is 0 Å². The molecule has 0 aromatic heterocycles. The van der Waals surface area contributed by atoms with Crippen LogP contribution in [-0.2, 0) is 0 Å². The highest BCUT2D eigenvalue weighted by atomic mass is 16.2. The fourth-order valence-corrected chi connectivity index (χ4v) is 2.28. The van der Waals surface area contributed by atoms with Crippen LogP contribution in [0, 0.1) is 6.92 Å². The summed E-state index contributed by atoms with van der Waals surface area (Å²) in [5.74, 6) is -0.0784. The Balaban J connectivity index is 1.99. The minimum atomic E-state index is -0.233. The Morgan fingerprint density at radius 3 is 2.68 bits per heavy atom. The van der Waals surface area contributed by atoms with Crippen molar-refractivity contribution in [3.8, 4) is 0 Å². The van der Waals surface area contributed by atoms with Crippen molar-refractivity contribution >= 4 is 17.6 Å². The van der Waals surface area contributed by atoms with E-state index in [0.29, 0.717) is 17.3 Å². The number of nitrogens with one attached hydrogen (secondary N) is 3. The largest absolute Gasteiger partial charge is 0.349 e. The first-order valence-electron chi connectivity index (χ1n) is 7.98. The van der Waals surface area contributed by atoms with Crippen LogP contribution in [0.3, 0.4) is 0 Å². The van der Waals surface area contributed by atoms with Gasteiger partial charge in [-0.05, 0) is 50.8 Å². The highest BCUT2D eigenvalue weighted by Gasteiger charge is 2.24. The molecule has 0 heterocycles. The van der Waals surface area contributed by atoms with Gasteiger partial charge < -0.3 is 16.0 Å². The fraction of sp³-hybridized carbons (Fsp3) is 0.529. The third-order valence-electron chi connectivity index (χ3n) is 3.76. The van der Waals surface area contributed by atoms with Crippen LogP contribution in [0.25, 0.3) is 0 Å². The van der Waals surface area contributed by atoms with Crippen LogP contribution in [0.4, 0.5) is 10.5 Å². The maximum Gasteiger partial charge on any atom is 0.319 e. The Kier molecular flexibility index (Phi) is 5.41. The average molecular weight is 303 g/mol. The summed E-state index contributed by atoms with van der Waals surface area (Å²) < 4.78 is 0. The number of carbonyl (C=O) groups excluding carboxylic acids is 2. The minimum Gasteiger partial charge on any atom is -0.349 e. The minimum absolute atomic E-state index is 0.0784. The molecule has 5 nitrogen and oxygen atoms in total. The summed E-state index contributed by atoms with van der Waals surface area (Å²) in [7, 11) is 0. The zero-order chi connectivity index (χ0) is 16.1. The second kappa shape index (κ2) is 7.29. The molecule has 0 unspecified atom stereocenters. The van der Waals surface area contributed by atoms with Gasteiger partial charge in [0.25, 0.3) is 5.91 Å². The molecule has 0 bridgehead atoms. The Morgan fingerprint density at radius 1 is 1.32 bits per heavy atom. The van der Waals surface area contributed by atoms with Crippen molar-refractivity contribution in [1.29, 1.82) is 0 Å². The lowest BCUT2D eigenvalue weighted by molar-refractivity contribution is 0.0951. The van der Waals surface area contributed by atoms with Gasteiger partial charge in [0.05, 0.1) is 0 Å². The van der Waals surface area contributed by atoms with Gasteiger partial charge in [-0.15, -0.1) is 0 Å². The van der Waals surface area contributed by atoms with Gasteiger partial charge in [0.15, 0.2) is 0 Å². The smallest absolute Gasteiger partial charge is 0.319 e. The van der Waals surface area contributed by atoms with Crippen molar-refractivity contribution in [3.05, 3.63) is 29.3 Å². The number of amides is 3. The Hall–Kier alpha value is -2.04. The molecule has 0 radical (unpaired) electrons. The van der Waals surface area contributed by atoms with Crippen molar-refractivity contribution in [2.75, 3.05) is 5.32 Å². The molecule has 1 saturated carbocycles. The van der Waals surface area contributed by atoms with Gasteiger partial charge in [0.2, 0.25) is 0 Å². The summed E-state index contributed by atoms with van der Waals surface area (Å²) >= 11 is 0. The molecule has 120 valence electrons. The van der Waals surface area contributed by atoms with E-state index in [4.69, 9.17) is 0 Å². The number of rotatable bonds is 6. The van der Waals surface area contributed by atoms with E-state index < -0.39 is 0 Å². The van der Waals surface area contributed by atoms with E-state index in [9.17, 15) is 9.59 Å². The summed E-state index contributed by atoms with van der Waals surface area (Å²) in [4.78, 5) is 24.1. The molecule has 0 saturated heterocycles. The van der Waals surface area contributed by atoms with Crippen LogP contribution in [0.2, 0.25) is 0 Å². The molecule has 2 rings (SSSR count). The molecule has 0 aliphatic heterocycles.